The number of hydrogen-bond acceptors (Lipinski definition) is 6. The number of aromatic nitrogens is 3. The van der Waals surface area contributed by atoms with Crippen LogP contribution in [0.25, 0.3) is 21.5 Å². The minimum atomic E-state index is -0.139. The monoisotopic (exact) mass is 400 g/mol. The van der Waals surface area contributed by atoms with Crippen molar-refractivity contribution in [2.75, 3.05) is 12.4 Å². The normalized spacial score (nSPS) is 10.3. The number of carbonyl (C=O) groups excluding carboxylic acids is 1. The molecule has 4 aromatic rings. The van der Waals surface area contributed by atoms with Crippen LogP contribution in [0.5, 0.6) is 5.75 Å². The van der Waals surface area contributed by atoms with Gasteiger partial charge in [0.25, 0.3) is 0 Å². The average molecular weight is 400 g/mol. The third-order valence-corrected chi connectivity index (χ3v) is 4.97. The van der Waals surface area contributed by atoms with E-state index in [1.807, 2.05) is 48.5 Å². The van der Waals surface area contributed by atoms with E-state index in [0.717, 1.165) is 32.8 Å². The lowest BCUT2D eigenvalue weighted by atomic mass is 10.1. The first-order valence-electron chi connectivity index (χ1n) is 8.78. The molecule has 142 valence electrons. The van der Waals surface area contributed by atoms with Crippen molar-refractivity contribution in [2.45, 2.75) is 6.92 Å². The number of rotatable bonds is 3. The van der Waals surface area contributed by atoms with E-state index >= 15 is 0 Å². The molecule has 2 aromatic heterocycles. The number of methoxy groups -OCH3 is 1. The maximum Gasteiger partial charge on any atom is 0.223 e. The Morgan fingerprint density at radius 2 is 1.90 bits per heavy atom. The molecule has 0 aliphatic heterocycles. The molecule has 7 heteroatoms. The fourth-order valence-corrected chi connectivity index (χ4v) is 3.62. The summed E-state index contributed by atoms with van der Waals surface area (Å²) in [6, 6.07) is 15.2. The van der Waals surface area contributed by atoms with E-state index in [9.17, 15) is 4.79 Å². The van der Waals surface area contributed by atoms with Crippen molar-refractivity contribution < 1.29 is 9.53 Å². The van der Waals surface area contributed by atoms with Crippen LogP contribution in [0.4, 0.5) is 5.13 Å². The van der Waals surface area contributed by atoms with Crippen LogP contribution in [-0.4, -0.2) is 28.0 Å². The summed E-state index contributed by atoms with van der Waals surface area (Å²) in [5.74, 6) is 7.16. The minimum absolute atomic E-state index is 0.139. The van der Waals surface area contributed by atoms with Crippen molar-refractivity contribution in [3.05, 3.63) is 66.1 Å². The fourth-order valence-electron chi connectivity index (χ4n) is 2.67. The lowest BCUT2D eigenvalue weighted by Crippen LogP contribution is -2.04. The van der Waals surface area contributed by atoms with Crippen LogP contribution in [0.15, 0.2) is 54.7 Å². The van der Waals surface area contributed by atoms with Gasteiger partial charge in [-0.1, -0.05) is 23.3 Å². The SMILES string of the molecule is COc1ccc(C#Cc2nccc(-c3ccc4nc(NC(C)=O)sc4c3)n2)cc1. The van der Waals surface area contributed by atoms with E-state index in [1.165, 1.54) is 18.3 Å². The highest BCUT2D eigenvalue weighted by molar-refractivity contribution is 7.22. The quantitative estimate of drug-likeness (QED) is 0.524. The third-order valence-electron chi connectivity index (χ3n) is 4.03. The van der Waals surface area contributed by atoms with E-state index in [-0.39, 0.29) is 5.91 Å². The number of nitrogens with one attached hydrogen (secondary N) is 1. The Kier molecular flexibility index (Phi) is 5.18. The summed E-state index contributed by atoms with van der Waals surface area (Å²) in [6.45, 7) is 1.47. The summed E-state index contributed by atoms with van der Waals surface area (Å²) in [7, 11) is 1.63. The number of nitrogens with zero attached hydrogens (tertiary/aromatic N) is 3. The van der Waals surface area contributed by atoms with Gasteiger partial charge >= 0.3 is 0 Å². The first-order chi connectivity index (χ1) is 14.1. The van der Waals surface area contributed by atoms with Gasteiger partial charge in [0.15, 0.2) is 5.13 Å². The van der Waals surface area contributed by atoms with E-state index in [0.29, 0.717) is 11.0 Å². The molecule has 0 atom stereocenters. The van der Waals surface area contributed by atoms with Crippen LogP contribution in [0, 0.1) is 11.8 Å². The molecular weight excluding hydrogens is 384 g/mol. The number of anilines is 1. The molecule has 1 amide bonds. The van der Waals surface area contributed by atoms with E-state index in [4.69, 9.17) is 4.74 Å². The van der Waals surface area contributed by atoms with Crippen LogP contribution < -0.4 is 10.1 Å². The van der Waals surface area contributed by atoms with Crippen LogP contribution in [0.1, 0.15) is 18.3 Å². The molecule has 0 aliphatic carbocycles. The molecule has 0 radical (unpaired) electrons. The standard InChI is InChI=1S/C22H16N4O2S/c1-14(27)24-22-26-19-9-6-16(13-20(19)29-22)18-11-12-23-21(25-18)10-5-15-3-7-17(28-2)8-4-15/h3-4,6-9,11-13H,1-2H3,(H,24,26,27). The van der Waals surface area contributed by atoms with Crippen LogP contribution in [-0.2, 0) is 4.79 Å². The van der Waals surface area contributed by atoms with Crippen LogP contribution >= 0.6 is 11.3 Å². The second-order valence-electron chi connectivity index (χ2n) is 6.13. The highest BCUT2D eigenvalue weighted by Gasteiger charge is 2.08. The van der Waals surface area contributed by atoms with Gasteiger partial charge in [0.2, 0.25) is 11.7 Å². The van der Waals surface area contributed by atoms with E-state index in [1.54, 1.807) is 13.3 Å². The maximum absolute atomic E-state index is 11.2. The van der Waals surface area contributed by atoms with Crippen molar-refractivity contribution in [1.82, 2.24) is 15.0 Å². The molecule has 2 heterocycles. The Balaban J connectivity index is 1.61. The molecule has 1 N–H and O–H groups in total. The largest absolute Gasteiger partial charge is 0.497 e. The second kappa shape index (κ2) is 8.09. The molecular formula is C22H16N4O2S. The Morgan fingerprint density at radius 3 is 2.66 bits per heavy atom. The molecule has 0 unspecified atom stereocenters. The molecule has 0 saturated carbocycles. The Bertz CT molecular complexity index is 1250. The van der Waals surface area contributed by atoms with Crippen LogP contribution in [0.3, 0.4) is 0 Å². The summed E-state index contributed by atoms with van der Waals surface area (Å²) in [6.07, 6.45) is 1.69. The van der Waals surface area contributed by atoms with Gasteiger partial charge in [-0.2, -0.15) is 0 Å². The molecule has 0 aliphatic rings. The maximum atomic E-state index is 11.2. The summed E-state index contributed by atoms with van der Waals surface area (Å²) < 4.78 is 6.12. The predicted molar refractivity (Wildman–Crippen MR) is 114 cm³/mol. The molecule has 0 bridgehead atoms. The molecule has 6 nitrogen and oxygen atoms in total. The number of amides is 1. The van der Waals surface area contributed by atoms with Gasteiger partial charge in [0.05, 0.1) is 23.0 Å². The topological polar surface area (TPSA) is 77.0 Å². The molecule has 2 aromatic carbocycles. The summed E-state index contributed by atoms with van der Waals surface area (Å²) in [5.41, 5.74) is 3.40. The Labute approximate surface area is 171 Å². The van der Waals surface area contributed by atoms with Gasteiger partial charge in [0, 0.05) is 24.2 Å². The van der Waals surface area contributed by atoms with Gasteiger partial charge in [-0.25, -0.2) is 15.0 Å². The van der Waals surface area contributed by atoms with Gasteiger partial charge in [-0.3, -0.25) is 4.79 Å². The van der Waals surface area contributed by atoms with Crippen molar-refractivity contribution >= 4 is 32.6 Å². The number of thiazole rings is 1. The van der Waals surface area contributed by atoms with Crippen molar-refractivity contribution in [3.63, 3.8) is 0 Å². The first kappa shape index (κ1) is 18.6. The zero-order chi connectivity index (χ0) is 20.2. The van der Waals surface area contributed by atoms with Crippen molar-refractivity contribution in [1.29, 1.82) is 0 Å². The smallest absolute Gasteiger partial charge is 0.223 e. The Hall–Kier alpha value is -3.76. The molecule has 4 rings (SSSR count). The number of fused-ring (bicyclic) bond motifs is 1. The number of hydrogen-bond donors (Lipinski definition) is 1. The highest BCUT2D eigenvalue weighted by Crippen LogP contribution is 2.29. The Morgan fingerprint density at radius 1 is 1.07 bits per heavy atom. The number of ether oxygens (including phenoxy) is 1. The summed E-state index contributed by atoms with van der Waals surface area (Å²) in [4.78, 5) is 24.4. The predicted octanol–water partition coefficient (Wildman–Crippen LogP) is 4.12. The van der Waals surface area contributed by atoms with E-state index in [2.05, 4.69) is 32.1 Å². The number of carbonyl (C=O) groups is 1. The second-order valence-corrected chi connectivity index (χ2v) is 7.16. The lowest BCUT2D eigenvalue weighted by molar-refractivity contribution is -0.114. The third kappa shape index (κ3) is 4.39. The average Bonchev–Trinajstić information content (AvgIpc) is 3.13. The van der Waals surface area contributed by atoms with Crippen LogP contribution in [0.2, 0.25) is 0 Å². The zero-order valence-electron chi connectivity index (χ0n) is 15.8. The molecule has 0 fully saturated rings. The van der Waals surface area contributed by atoms with Gasteiger partial charge in [-0.15, -0.1) is 0 Å². The molecule has 29 heavy (non-hydrogen) atoms. The highest BCUT2D eigenvalue weighted by atomic mass is 32.1. The van der Waals surface area contributed by atoms with Gasteiger partial charge < -0.3 is 10.1 Å². The van der Waals surface area contributed by atoms with E-state index < -0.39 is 0 Å². The minimum Gasteiger partial charge on any atom is -0.497 e. The zero-order valence-corrected chi connectivity index (χ0v) is 16.6. The van der Waals surface area contributed by atoms with Crippen molar-refractivity contribution in [3.8, 4) is 28.8 Å². The van der Waals surface area contributed by atoms with Crippen molar-refractivity contribution in [2.24, 2.45) is 0 Å². The summed E-state index contributed by atoms with van der Waals surface area (Å²) in [5, 5.41) is 3.30. The van der Waals surface area contributed by atoms with Gasteiger partial charge in [-0.05, 0) is 48.4 Å². The number of benzene rings is 2. The lowest BCUT2D eigenvalue weighted by Gasteiger charge is -2.01. The summed E-state index contributed by atoms with van der Waals surface area (Å²) >= 11 is 1.42. The molecule has 0 saturated heterocycles. The molecule has 0 spiro atoms. The van der Waals surface area contributed by atoms with Gasteiger partial charge in [0.1, 0.15) is 5.75 Å². The first-order valence-corrected chi connectivity index (χ1v) is 9.60. The fraction of sp³-hybridized carbons (Fsp3) is 0.0909.